The fraction of sp³-hybridized carbons (Fsp3) is 0.300. The summed E-state index contributed by atoms with van der Waals surface area (Å²) >= 11 is 0. The molecule has 0 radical (unpaired) electrons. The number of aliphatic hydroxyl groups excluding tert-OH is 1. The molecule has 236 valence electrons. The third-order valence-corrected chi connectivity index (χ3v) is 5.99. The topological polar surface area (TPSA) is 178 Å². The highest BCUT2D eigenvalue weighted by Crippen LogP contribution is 2.24. The Morgan fingerprint density at radius 2 is 1.45 bits per heavy atom. The third kappa shape index (κ3) is 12.5. The van der Waals surface area contributed by atoms with Crippen molar-refractivity contribution < 1.29 is 47.7 Å². The van der Waals surface area contributed by atoms with Crippen LogP contribution < -0.4 is 16.0 Å². The van der Waals surface area contributed by atoms with Crippen LogP contribution >= 0.6 is 0 Å². The number of amides is 2. The molecule has 3 aromatic rings. The van der Waals surface area contributed by atoms with E-state index < -0.39 is 48.1 Å². The van der Waals surface area contributed by atoms with Crippen molar-refractivity contribution in [1.82, 2.24) is 15.6 Å². The van der Waals surface area contributed by atoms with Gasteiger partial charge in [0.25, 0.3) is 0 Å². The number of hydrogen-bond acceptors (Lipinski definition) is 7. The van der Waals surface area contributed by atoms with E-state index in [9.17, 15) is 37.8 Å². The highest BCUT2D eigenvalue weighted by Gasteiger charge is 2.38. The van der Waals surface area contributed by atoms with Gasteiger partial charge in [0.1, 0.15) is 11.9 Å². The summed E-state index contributed by atoms with van der Waals surface area (Å²) in [5.74, 6) is -4.20. The van der Waals surface area contributed by atoms with Gasteiger partial charge in [0, 0.05) is 19.2 Å². The molecule has 0 saturated carbocycles. The minimum atomic E-state index is -5.08. The number of hydrogen-bond donors (Lipinski definition) is 6. The normalized spacial score (nSPS) is 12.8. The Bertz CT molecular complexity index is 1360. The monoisotopic (exact) mass is 618 g/mol. The minimum absolute atomic E-state index is 0.135. The van der Waals surface area contributed by atoms with E-state index in [1.54, 1.807) is 24.4 Å². The predicted octanol–water partition coefficient (Wildman–Crippen LogP) is 3.77. The van der Waals surface area contributed by atoms with Crippen LogP contribution in [-0.2, 0) is 19.2 Å². The molecule has 0 spiro atoms. The zero-order valence-corrected chi connectivity index (χ0v) is 23.6. The van der Waals surface area contributed by atoms with Gasteiger partial charge in [-0.25, -0.2) is 9.78 Å². The molecule has 1 heterocycles. The fourth-order valence-corrected chi connectivity index (χ4v) is 3.81. The molecular weight excluding hydrogens is 585 g/mol. The number of aliphatic carboxylic acids is 2. The average molecular weight is 619 g/mol. The van der Waals surface area contributed by atoms with Crippen LogP contribution in [0, 0.1) is 0 Å². The Morgan fingerprint density at radius 3 is 1.98 bits per heavy atom. The first kappa shape index (κ1) is 35.2. The number of aliphatic hydroxyl groups is 1. The molecule has 44 heavy (non-hydrogen) atoms. The smallest absolute Gasteiger partial charge is 0.481 e. The molecule has 0 bridgehead atoms. The number of alkyl halides is 3. The van der Waals surface area contributed by atoms with Crippen molar-refractivity contribution in [1.29, 1.82) is 0 Å². The third-order valence-electron chi connectivity index (χ3n) is 5.99. The molecule has 1 aromatic heterocycles. The van der Waals surface area contributed by atoms with Crippen LogP contribution in [0.5, 0.6) is 0 Å². The standard InChI is InChI=1S/C28H32N4O5.C2HF3O2/c1-19(33)27(32-25(34)11-7-17-30-24-10-5-6-16-29-24)28(37)31-23(18-26(35)36)22-14-12-21(13-15-22)20-8-3-2-4-9-20;3-2(4,5)1(6)7/h2-6,8-10,12-16,19,23,27,33H,7,11,17-18H2,1H3,(H,29,30)(H,31,37)(H,32,34)(H,35,36);(H,6,7). The lowest BCUT2D eigenvalue weighted by Crippen LogP contribution is -2.53. The van der Waals surface area contributed by atoms with Crippen LogP contribution in [0.25, 0.3) is 11.1 Å². The van der Waals surface area contributed by atoms with E-state index in [0.717, 1.165) is 11.1 Å². The number of nitrogens with one attached hydrogen (secondary N) is 3. The van der Waals surface area contributed by atoms with E-state index in [4.69, 9.17) is 9.90 Å². The van der Waals surface area contributed by atoms with Gasteiger partial charge >= 0.3 is 18.1 Å². The molecule has 3 atom stereocenters. The molecule has 11 nitrogen and oxygen atoms in total. The second kappa shape index (κ2) is 17.2. The number of benzene rings is 2. The summed E-state index contributed by atoms with van der Waals surface area (Å²) in [6.07, 6.45) is -4.32. The summed E-state index contributed by atoms with van der Waals surface area (Å²) < 4.78 is 31.7. The maximum atomic E-state index is 13.0. The summed E-state index contributed by atoms with van der Waals surface area (Å²) in [7, 11) is 0. The molecule has 3 rings (SSSR count). The van der Waals surface area contributed by atoms with Gasteiger partial charge in [0.15, 0.2) is 0 Å². The number of carboxylic acid groups (broad SMARTS) is 2. The number of pyridine rings is 1. The van der Waals surface area contributed by atoms with Crippen molar-refractivity contribution in [3.05, 3.63) is 84.6 Å². The van der Waals surface area contributed by atoms with Gasteiger partial charge in [-0.3, -0.25) is 14.4 Å². The van der Waals surface area contributed by atoms with E-state index in [0.29, 0.717) is 24.3 Å². The summed E-state index contributed by atoms with van der Waals surface area (Å²) in [5.41, 5.74) is 2.57. The predicted molar refractivity (Wildman–Crippen MR) is 154 cm³/mol. The highest BCUT2D eigenvalue weighted by atomic mass is 19.4. The zero-order chi connectivity index (χ0) is 32.7. The Hall–Kier alpha value is -4.98. The number of rotatable bonds is 13. The van der Waals surface area contributed by atoms with Crippen molar-refractivity contribution in [3.8, 4) is 11.1 Å². The van der Waals surface area contributed by atoms with Gasteiger partial charge in [0.05, 0.1) is 18.6 Å². The van der Waals surface area contributed by atoms with Crippen LogP contribution in [0.4, 0.5) is 19.0 Å². The van der Waals surface area contributed by atoms with Gasteiger partial charge in [-0.15, -0.1) is 0 Å². The number of anilines is 1. The summed E-state index contributed by atoms with van der Waals surface area (Å²) in [4.78, 5) is 50.0. The zero-order valence-electron chi connectivity index (χ0n) is 23.6. The number of aromatic nitrogens is 1. The summed E-state index contributed by atoms with van der Waals surface area (Å²) in [6, 6.07) is 20.4. The molecule has 0 aliphatic rings. The maximum absolute atomic E-state index is 13.0. The van der Waals surface area contributed by atoms with Gasteiger partial charge in [0.2, 0.25) is 11.8 Å². The van der Waals surface area contributed by atoms with E-state index in [1.807, 2.05) is 54.6 Å². The first-order chi connectivity index (χ1) is 20.8. The molecule has 2 amide bonds. The maximum Gasteiger partial charge on any atom is 0.490 e. The molecule has 0 aliphatic heterocycles. The number of carbonyl (C=O) groups excluding carboxylic acids is 2. The summed E-state index contributed by atoms with van der Waals surface area (Å²) in [6.45, 7) is 1.91. The minimum Gasteiger partial charge on any atom is -0.481 e. The van der Waals surface area contributed by atoms with Gasteiger partial charge < -0.3 is 31.3 Å². The molecule has 0 saturated heterocycles. The summed E-state index contributed by atoms with van der Waals surface area (Å²) in [5, 5.41) is 35.0. The van der Waals surface area contributed by atoms with Gasteiger partial charge in [-0.05, 0) is 42.2 Å². The van der Waals surface area contributed by atoms with Crippen molar-refractivity contribution in [2.24, 2.45) is 0 Å². The Morgan fingerprint density at radius 1 is 0.864 bits per heavy atom. The van der Waals surface area contributed by atoms with Crippen LogP contribution in [0.15, 0.2) is 79.0 Å². The van der Waals surface area contributed by atoms with Gasteiger partial charge in [-0.1, -0.05) is 60.7 Å². The van der Waals surface area contributed by atoms with Crippen LogP contribution in [0.2, 0.25) is 0 Å². The lowest BCUT2D eigenvalue weighted by molar-refractivity contribution is -0.192. The van der Waals surface area contributed by atoms with Crippen LogP contribution in [0.3, 0.4) is 0 Å². The Balaban J connectivity index is 0.000000860. The lowest BCUT2D eigenvalue weighted by Gasteiger charge is -2.25. The largest absolute Gasteiger partial charge is 0.490 e. The Kier molecular flexibility index (Phi) is 13.8. The van der Waals surface area contributed by atoms with E-state index in [-0.39, 0.29) is 12.8 Å². The molecular formula is C30H33F3N4O7. The molecule has 2 aromatic carbocycles. The molecule has 6 N–H and O–H groups in total. The highest BCUT2D eigenvalue weighted by molar-refractivity contribution is 5.88. The molecule has 0 fully saturated rings. The van der Waals surface area contributed by atoms with Crippen molar-refractivity contribution in [2.75, 3.05) is 11.9 Å². The van der Waals surface area contributed by atoms with Crippen molar-refractivity contribution >= 4 is 29.6 Å². The first-order valence-corrected chi connectivity index (χ1v) is 13.4. The molecule has 3 unspecified atom stereocenters. The average Bonchev–Trinajstić information content (AvgIpc) is 2.98. The molecule has 0 aliphatic carbocycles. The molecule has 14 heteroatoms. The number of nitrogens with zero attached hydrogens (tertiary/aromatic N) is 1. The Labute approximate surface area is 251 Å². The first-order valence-electron chi connectivity index (χ1n) is 13.4. The second-order valence-electron chi connectivity index (χ2n) is 9.48. The lowest BCUT2D eigenvalue weighted by atomic mass is 9.98. The number of halogens is 3. The van der Waals surface area contributed by atoms with Crippen molar-refractivity contribution in [3.63, 3.8) is 0 Å². The van der Waals surface area contributed by atoms with Gasteiger partial charge in [-0.2, -0.15) is 13.2 Å². The van der Waals surface area contributed by atoms with E-state index >= 15 is 0 Å². The number of carbonyl (C=O) groups is 4. The van der Waals surface area contributed by atoms with Crippen LogP contribution in [-0.4, -0.2) is 68.9 Å². The SMILES string of the molecule is CC(O)C(NC(=O)CCCNc1ccccn1)C(=O)NC(CC(=O)O)c1ccc(-c2ccccc2)cc1.O=C(O)C(F)(F)F. The second-order valence-corrected chi connectivity index (χ2v) is 9.48. The fourth-order valence-electron chi connectivity index (χ4n) is 3.81. The van der Waals surface area contributed by atoms with E-state index in [2.05, 4.69) is 20.9 Å². The quantitative estimate of drug-likeness (QED) is 0.156. The van der Waals surface area contributed by atoms with Crippen LogP contribution in [0.1, 0.15) is 37.8 Å². The number of carboxylic acids is 2. The van der Waals surface area contributed by atoms with E-state index in [1.165, 1.54) is 6.92 Å². The van der Waals surface area contributed by atoms with Crippen molar-refractivity contribution in [2.45, 2.75) is 50.6 Å².